The quantitative estimate of drug-likeness (QED) is 0.425. The first kappa shape index (κ1) is 19.3. The Bertz CT molecular complexity index is 296. The van der Waals surface area contributed by atoms with Crippen LogP contribution < -0.4 is 0 Å². The third-order valence-corrected chi connectivity index (χ3v) is 2.57. The van der Waals surface area contributed by atoms with Crippen molar-refractivity contribution in [2.45, 2.75) is 52.4 Å². The number of rotatable bonds is 4. The second-order valence-electron chi connectivity index (χ2n) is 4.18. The Balaban J connectivity index is 0.000000284. The molecule has 0 saturated heterocycles. The van der Waals surface area contributed by atoms with E-state index in [1.54, 1.807) is 0 Å². The van der Waals surface area contributed by atoms with E-state index in [1.165, 1.54) is 36.8 Å². The van der Waals surface area contributed by atoms with Gasteiger partial charge in [-0.2, -0.15) is 12.2 Å². The molecule has 0 radical (unpaired) electrons. The van der Waals surface area contributed by atoms with Crippen molar-refractivity contribution in [2.75, 3.05) is 0 Å². The maximum atomic E-state index is 4.94. The first-order valence-corrected chi connectivity index (χ1v) is 14.7. The summed E-state index contributed by atoms with van der Waals surface area (Å²) in [5, 5.41) is 0. The van der Waals surface area contributed by atoms with Gasteiger partial charge >= 0.3 is 36.0 Å². The van der Waals surface area contributed by atoms with Gasteiger partial charge < -0.3 is 0 Å². The first-order valence-electron chi connectivity index (χ1n) is 6.73. The molecule has 0 amide bonds. The summed E-state index contributed by atoms with van der Waals surface area (Å²) in [6.45, 7) is 4.39. The molecule has 0 fully saturated rings. The zero-order valence-corrected chi connectivity index (χ0v) is 16.5. The summed E-state index contributed by atoms with van der Waals surface area (Å²) in [7, 11) is 9.89. The molecular formula is C16H22Cl2Ta-2. The molecule has 2 aliphatic carbocycles. The van der Waals surface area contributed by atoms with Gasteiger partial charge in [-0.1, -0.05) is 39.5 Å². The van der Waals surface area contributed by atoms with Crippen molar-refractivity contribution < 1.29 is 17.6 Å². The summed E-state index contributed by atoms with van der Waals surface area (Å²) in [4.78, 5) is 0. The number of hydrogen-bond acceptors (Lipinski definition) is 0. The zero-order valence-electron chi connectivity index (χ0n) is 11.8. The summed E-state index contributed by atoms with van der Waals surface area (Å²) in [6, 6.07) is 0. The predicted molar refractivity (Wildman–Crippen MR) is 82.5 cm³/mol. The fourth-order valence-corrected chi connectivity index (χ4v) is 1.78. The molecule has 19 heavy (non-hydrogen) atoms. The average Bonchev–Trinajstić information content (AvgIpc) is 3.05. The minimum absolute atomic E-state index is 0.889. The Hall–Kier alpha value is 0.280. The van der Waals surface area contributed by atoms with Crippen molar-refractivity contribution in [3.63, 3.8) is 0 Å². The van der Waals surface area contributed by atoms with Crippen molar-refractivity contribution in [3.8, 4) is 0 Å². The van der Waals surface area contributed by atoms with Crippen molar-refractivity contribution in [2.24, 2.45) is 0 Å². The van der Waals surface area contributed by atoms with Crippen LogP contribution in [0.5, 0.6) is 0 Å². The van der Waals surface area contributed by atoms with Crippen LogP contribution in [0.3, 0.4) is 0 Å². The van der Waals surface area contributed by atoms with Crippen LogP contribution in [-0.4, -0.2) is 0 Å². The van der Waals surface area contributed by atoms with E-state index < -0.39 is 17.6 Å². The summed E-state index contributed by atoms with van der Waals surface area (Å²) in [6.07, 6.45) is 22.2. The molecule has 0 unspecified atom stereocenters. The van der Waals surface area contributed by atoms with Crippen LogP contribution >= 0.6 is 18.4 Å². The van der Waals surface area contributed by atoms with Gasteiger partial charge in [0.1, 0.15) is 0 Å². The normalized spacial score (nSPS) is 14.9. The van der Waals surface area contributed by atoms with Crippen LogP contribution in [0.4, 0.5) is 0 Å². The van der Waals surface area contributed by atoms with E-state index >= 15 is 0 Å². The molecule has 0 N–H and O–H groups in total. The van der Waals surface area contributed by atoms with Gasteiger partial charge in [0.15, 0.2) is 0 Å². The Morgan fingerprint density at radius 1 is 0.947 bits per heavy atom. The second-order valence-corrected chi connectivity index (χ2v) is 8.82. The van der Waals surface area contributed by atoms with E-state index in [2.05, 4.69) is 50.3 Å². The van der Waals surface area contributed by atoms with Crippen molar-refractivity contribution in [1.29, 1.82) is 0 Å². The zero-order chi connectivity index (χ0) is 14.3. The summed E-state index contributed by atoms with van der Waals surface area (Å²) >= 11 is -0.889. The Kier molecular flexibility index (Phi) is 14.9. The fourth-order valence-electron chi connectivity index (χ4n) is 1.78. The van der Waals surface area contributed by atoms with E-state index in [0.717, 1.165) is 12.8 Å². The number of halogens is 2. The molecule has 0 spiro atoms. The molecule has 0 bridgehead atoms. The van der Waals surface area contributed by atoms with E-state index in [0.29, 0.717) is 0 Å². The Morgan fingerprint density at radius 2 is 1.32 bits per heavy atom. The molecule has 0 aromatic heterocycles. The van der Waals surface area contributed by atoms with Crippen LogP contribution in [0.2, 0.25) is 0 Å². The molecule has 0 atom stereocenters. The molecule has 2 rings (SSSR count). The van der Waals surface area contributed by atoms with Crippen LogP contribution in [0.1, 0.15) is 52.4 Å². The standard InChI is InChI=1S/2C8H11.2ClH.Ta/c2*1-2-5-8-6-3-4-7-8;;;/h2*3,6H,2,4-5H2,1H3;2*1H;/q2*-1;;;+2/p-2. The number of allylic oxidation sites excluding steroid dienone is 8. The summed E-state index contributed by atoms with van der Waals surface area (Å²) in [5.41, 5.74) is 2.79. The molecule has 0 aromatic carbocycles. The molecular weight excluding hydrogens is 444 g/mol. The third kappa shape index (κ3) is 11.8. The van der Waals surface area contributed by atoms with E-state index in [4.69, 9.17) is 18.4 Å². The SMILES string of the molecule is CCCC1=[C-]CC=C1.CCCC1=[C-]CC=C1.[Cl][Ta][Cl]. The molecule has 0 aliphatic heterocycles. The average molecular weight is 466 g/mol. The minimum atomic E-state index is -0.889. The van der Waals surface area contributed by atoms with Crippen molar-refractivity contribution in [3.05, 3.63) is 47.6 Å². The van der Waals surface area contributed by atoms with Gasteiger partial charge in [0.2, 0.25) is 0 Å². The molecule has 0 aromatic rings. The second kappa shape index (κ2) is 14.7. The van der Waals surface area contributed by atoms with Gasteiger partial charge in [-0.05, 0) is 0 Å². The maximum absolute atomic E-state index is 4.94. The molecule has 0 heterocycles. The summed E-state index contributed by atoms with van der Waals surface area (Å²) < 4.78 is 0. The Labute approximate surface area is 135 Å². The van der Waals surface area contributed by atoms with Gasteiger partial charge in [-0.3, -0.25) is 12.2 Å². The van der Waals surface area contributed by atoms with Crippen molar-refractivity contribution >= 4 is 18.4 Å². The molecule has 3 heteroatoms. The molecule has 2 aliphatic rings. The van der Waals surface area contributed by atoms with E-state index in [1.807, 2.05) is 0 Å². The van der Waals surface area contributed by atoms with Gasteiger partial charge in [0, 0.05) is 0 Å². The monoisotopic (exact) mass is 465 g/mol. The van der Waals surface area contributed by atoms with Gasteiger partial charge in [-0.25, -0.2) is 23.3 Å². The van der Waals surface area contributed by atoms with Crippen LogP contribution in [-0.2, 0) is 17.6 Å². The van der Waals surface area contributed by atoms with E-state index in [-0.39, 0.29) is 0 Å². The topological polar surface area (TPSA) is 0 Å². The summed E-state index contributed by atoms with van der Waals surface area (Å²) in [5.74, 6) is 0. The van der Waals surface area contributed by atoms with Crippen LogP contribution in [0.15, 0.2) is 35.5 Å². The van der Waals surface area contributed by atoms with Gasteiger partial charge in [0.25, 0.3) is 0 Å². The van der Waals surface area contributed by atoms with Gasteiger partial charge in [0.05, 0.1) is 0 Å². The van der Waals surface area contributed by atoms with E-state index in [9.17, 15) is 0 Å². The first-order chi connectivity index (χ1) is 9.28. The van der Waals surface area contributed by atoms with Crippen LogP contribution in [0.25, 0.3) is 0 Å². The predicted octanol–water partition coefficient (Wildman–Crippen LogP) is 6.33. The van der Waals surface area contributed by atoms with Crippen molar-refractivity contribution in [1.82, 2.24) is 0 Å². The molecule has 107 valence electrons. The molecule has 0 saturated carbocycles. The third-order valence-electron chi connectivity index (χ3n) is 2.57. The molecule has 0 nitrogen and oxygen atoms in total. The van der Waals surface area contributed by atoms with Crippen LogP contribution in [0, 0.1) is 12.2 Å². The van der Waals surface area contributed by atoms with Gasteiger partial charge in [-0.15, -0.1) is 12.8 Å². The fraction of sp³-hybridized carbons (Fsp3) is 0.500. The Morgan fingerprint density at radius 3 is 1.53 bits per heavy atom. The number of hydrogen-bond donors (Lipinski definition) is 0.